The lowest BCUT2D eigenvalue weighted by atomic mass is 10.3. The number of nitrogens with one attached hydrogen (secondary N) is 1. The lowest BCUT2D eigenvalue weighted by Crippen LogP contribution is -2.26. The van der Waals surface area contributed by atoms with E-state index < -0.39 is 0 Å². The van der Waals surface area contributed by atoms with Gasteiger partial charge in [0.25, 0.3) is 0 Å². The van der Waals surface area contributed by atoms with E-state index in [1.54, 1.807) is 6.20 Å². The number of pyridine rings is 1. The van der Waals surface area contributed by atoms with Gasteiger partial charge in [-0.3, -0.25) is 9.78 Å². The molecule has 6 heteroatoms. The van der Waals surface area contributed by atoms with E-state index in [1.165, 1.54) is 16.2 Å². The Morgan fingerprint density at radius 1 is 1.12 bits per heavy atom. The quantitative estimate of drug-likeness (QED) is 0.481. The van der Waals surface area contributed by atoms with Crippen LogP contribution in [0.3, 0.4) is 0 Å². The molecule has 1 N–H and O–H groups in total. The van der Waals surface area contributed by atoms with Crippen molar-refractivity contribution in [2.75, 3.05) is 12.3 Å². The van der Waals surface area contributed by atoms with Crippen LogP contribution >= 0.6 is 23.1 Å². The van der Waals surface area contributed by atoms with Crippen molar-refractivity contribution in [1.29, 1.82) is 0 Å². The van der Waals surface area contributed by atoms with Crippen LogP contribution in [0.15, 0.2) is 65.0 Å². The molecule has 0 saturated heterocycles. The van der Waals surface area contributed by atoms with Gasteiger partial charge in [0, 0.05) is 23.0 Å². The van der Waals surface area contributed by atoms with E-state index in [1.807, 2.05) is 53.5 Å². The summed E-state index contributed by atoms with van der Waals surface area (Å²) in [5.74, 6) is 1.01. The molecule has 0 fully saturated rings. The van der Waals surface area contributed by atoms with Crippen LogP contribution < -0.4 is 5.32 Å². The monoisotopic (exact) mass is 369 g/mol. The molecule has 0 unspecified atom stereocenters. The third kappa shape index (κ3) is 5.69. The number of thiazole rings is 1. The highest BCUT2D eigenvalue weighted by Crippen LogP contribution is 2.21. The summed E-state index contributed by atoms with van der Waals surface area (Å²) in [4.78, 5) is 22.1. The molecule has 2 heterocycles. The summed E-state index contributed by atoms with van der Waals surface area (Å²) >= 11 is 3.33. The zero-order valence-corrected chi connectivity index (χ0v) is 15.4. The Balaban J connectivity index is 1.37. The SMILES string of the molecule is O=C(Cc1csc(-c2ccccn2)n1)NCCCSc1ccccc1. The van der Waals surface area contributed by atoms with Crippen molar-refractivity contribution in [3.05, 3.63) is 65.8 Å². The van der Waals surface area contributed by atoms with E-state index in [-0.39, 0.29) is 5.91 Å². The minimum absolute atomic E-state index is 0.0163. The Kier molecular flexibility index (Phi) is 6.59. The molecule has 0 atom stereocenters. The molecule has 1 amide bonds. The van der Waals surface area contributed by atoms with E-state index in [0.29, 0.717) is 13.0 Å². The van der Waals surface area contributed by atoms with E-state index in [0.717, 1.165) is 28.6 Å². The van der Waals surface area contributed by atoms with Crippen LogP contribution in [0.4, 0.5) is 0 Å². The first-order chi connectivity index (χ1) is 12.3. The normalized spacial score (nSPS) is 10.6. The van der Waals surface area contributed by atoms with Gasteiger partial charge in [-0.15, -0.1) is 23.1 Å². The molecule has 128 valence electrons. The van der Waals surface area contributed by atoms with Gasteiger partial charge in [-0.05, 0) is 36.4 Å². The number of aromatic nitrogens is 2. The van der Waals surface area contributed by atoms with Gasteiger partial charge in [-0.2, -0.15) is 0 Å². The van der Waals surface area contributed by atoms with E-state index in [4.69, 9.17) is 0 Å². The molecule has 0 aliphatic carbocycles. The van der Waals surface area contributed by atoms with Crippen LogP contribution in [0.25, 0.3) is 10.7 Å². The van der Waals surface area contributed by atoms with Gasteiger partial charge in [0.1, 0.15) is 5.01 Å². The van der Waals surface area contributed by atoms with Crippen molar-refractivity contribution in [3.63, 3.8) is 0 Å². The Morgan fingerprint density at radius 3 is 2.76 bits per heavy atom. The van der Waals surface area contributed by atoms with Crippen LogP contribution in [-0.2, 0) is 11.2 Å². The maximum absolute atomic E-state index is 12.0. The van der Waals surface area contributed by atoms with Gasteiger partial charge in [-0.1, -0.05) is 24.3 Å². The first kappa shape index (κ1) is 17.6. The fourth-order valence-corrected chi connectivity index (χ4v) is 3.90. The zero-order chi connectivity index (χ0) is 17.3. The molecule has 0 radical (unpaired) electrons. The Labute approximate surface area is 155 Å². The second-order valence-electron chi connectivity index (χ2n) is 5.40. The van der Waals surface area contributed by atoms with Crippen molar-refractivity contribution >= 4 is 29.0 Å². The van der Waals surface area contributed by atoms with Crippen LogP contribution in [0.2, 0.25) is 0 Å². The number of carbonyl (C=O) groups is 1. The molecular formula is C19H19N3OS2. The summed E-state index contributed by atoms with van der Waals surface area (Å²) in [6, 6.07) is 16.0. The predicted octanol–water partition coefficient (Wildman–Crippen LogP) is 4.05. The van der Waals surface area contributed by atoms with Crippen molar-refractivity contribution in [1.82, 2.24) is 15.3 Å². The number of benzene rings is 1. The molecule has 0 aliphatic rings. The molecule has 3 rings (SSSR count). The maximum atomic E-state index is 12.0. The molecular weight excluding hydrogens is 350 g/mol. The minimum atomic E-state index is 0.0163. The maximum Gasteiger partial charge on any atom is 0.226 e. The van der Waals surface area contributed by atoms with Crippen molar-refractivity contribution in [2.45, 2.75) is 17.7 Å². The molecule has 1 aromatic carbocycles. The van der Waals surface area contributed by atoms with E-state index in [2.05, 4.69) is 27.4 Å². The molecule has 25 heavy (non-hydrogen) atoms. The van der Waals surface area contributed by atoms with Gasteiger partial charge < -0.3 is 5.32 Å². The molecule has 0 aliphatic heterocycles. The fraction of sp³-hybridized carbons (Fsp3) is 0.211. The standard InChI is InChI=1S/C19H19N3OS2/c23-18(21-11-6-12-24-16-7-2-1-3-8-16)13-15-14-25-19(22-15)17-9-4-5-10-20-17/h1-5,7-10,14H,6,11-13H2,(H,21,23). The number of thioether (sulfide) groups is 1. The molecule has 4 nitrogen and oxygen atoms in total. The van der Waals surface area contributed by atoms with Crippen molar-refractivity contribution in [2.24, 2.45) is 0 Å². The van der Waals surface area contributed by atoms with Gasteiger partial charge in [0.05, 0.1) is 17.8 Å². The highest BCUT2D eigenvalue weighted by atomic mass is 32.2. The van der Waals surface area contributed by atoms with Gasteiger partial charge in [0.2, 0.25) is 5.91 Å². The number of rotatable bonds is 8. The Bertz CT molecular complexity index is 791. The summed E-state index contributed by atoms with van der Waals surface area (Å²) in [6.45, 7) is 0.690. The minimum Gasteiger partial charge on any atom is -0.356 e. The largest absolute Gasteiger partial charge is 0.356 e. The summed E-state index contributed by atoms with van der Waals surface area (Å²) in [5.41, 5.74) is 1.64. The average molecular weight is 370 g/mol. The van der Waals surface area contributed by atoms with Crippen LogP contribution in [-0.4, -0.2) is 28.2 Å². The molecule has 0 spiro atoms. The summed E-state index contributed by atoms with van der Waals surface area (Å²) in [6.07, 6.45) is 3.01. The van der Waals surface area contributed by atoms with Crippen molar-refractivity contribution in [3.8, 4) is 10.7 Å². The zero-order valence-electron chi connectivity index (χ0n) is 13.7. The third-order valence-electron chi connectivity index (χ3n) is 3.43. The summed E-state index contributed by atoms with van der Waals surface area (Å²) < 4.78 is 0. The second-order valence-corrected chi connectivity index (χ2v) is 7.43. The molecule has 3 aromatic rings. The summed E-state index contributed by atoms with van der Waals surface area (Å²) in [7, 11) is 0. The smallest absolute Gasteiger partial charge is 0.226 e. The first-order valence-electron chi connectivity index (χ1n) is 8.11. The fourth-order valence-electron chi connectivity index (χ4n) is 2.23. The average Bonchev–Trinajstić information content (AvgIpc) is 3.11. The first-order valence-corrected chi connectivity index (χ1v) is 9.98. The topological polar surface area (TPSA) is 54.9 Å². The van der Waals surface area contributed by atoms with E-state index in [9.17, 15) is 4.79 Å². The summed E-state index contributed by atoms with van der Waals surface area (Å²) in [5, 5.41) is 5.74. The lowest BCUT2D eigenvalue weighted by Gasteiger charge is -2.04. The Morgan fingerprint density at radius 2 is 1.96 bits per heavy atom. The predicted molar refractivity (Wildman–Crippen MR) is 104 cm³/mol. The number of hydrogen-bond donors (Lipinski definition) is 1. The highest BCUT2D eigenvalue weighted by Gasteiger charge is 2.09. The van der Waals surface area contributed by atoms with Crippen LogP contribution in [0.5, 0.6) is 0 Å². The number of amides is 1. The van der Waals surface area contributed by atoms with Gasteiger partial charge in [0.15, 0.2) is 0 Å². The number of carbonyl (C=O) groups excluding carboxylic acids is 1. The van der Waals surface area contributed by atoms with Crippen LogP contribution in [0, 0.1) is 0 Å². The number of nitrogens with zero attached hydrogens (tertiary/aromatic N) is 2. The lowest BCUT2D eigenvalue weighted by molar-refractivity contribution is -0.120. The Hall–Kier alpha value is -2.18. The second kappa shape index (κ2) is 9.34. The number of hydrogen-bond acceptors (Lipinski definition) is 5. The molecule has 0 saturated carbocycles. The highest BCUT2D eigenvalue weighted by molar-refractivity contribution is 7.99. The molecule has 2 aromatic heterocycles. The van der Waals surface area contributed by atoms with Crippen LogP contribution in [0.1, 0.15) is 12.1 Å². The van der Waals surface area contributed by atoms with E-state index >= 15 is 0 Å². The molecule has 0 bridgehead atoms. The van der Waals surface area contributed by atoms with Gasteiger partial charge in [-0.25, -0.2) is 4.98 Å². The van der Waals surface area contributed by atoms with Gasteiger partial charge >= 0.3 is 0 Å². The third-order valence-corrected chi connectivity index (χ3v) is 5.44. The van der Waals surface area contributed by atoms with Crippen molar-refractivity contribution < 1.29 is 4.79 Å².